The van der Waals surface area contributed by atoms with E-state index in [1.807, 2.05) is 42.0 Å². The van der Waals surface area contributed by atoms with Gasteiger partial charge in [0.15, 0.2) is 11.0 Å². The molecule has 1 saturated heterocycles. The number of aliphatic imine (C=N–C) groups is 1. The largest absolute Gasteiger partial charge is 0.491 e. The minimum atomic E-state index is -0.405. The summed E-state index contributed by atoms with van der Waals surface area (Å²) in [6.07, 6.45) is 7.17. The summed E-state index contributed by atoms with van der Waals surface area (Å²) in [5.74, 6) is 0.532. The Labute approximate surface area is 203 Å². The third-order valence-corrected chi connectivity index (χ3v) is 7.12. The van der Waals surface area contributed by atoms with Gasteiger partial charge in [0, 0.05) is 25.0 Å². The van der Waals surface area contributed by atoms with Crippen LogP contribution in [0.25, 0.3) is 6.08 Å². The Hall–Kier alpha value is -3.33. The highest BCUT2D eigenvalue weighted by molar-refractivity contribution is 8.26. The number of fused-ring (bicyclic) bond motifs is 1. The maximum Gasteiger partial charge on any atom is 0.283 e. The highest BCUT2D eigenvalue weighted by atomic mass is 32.2. The summed E-state index contributed by atoms with van der Waals surface area (Å²) >= 11 is 1.37. The summed E-state index contributed by atoms with van der Waals surface area (Å²) in [4.78, 5) is 19.2. The Morgan fingerprint density at radius 1 is 1.15 bits per heavy atom. The number of ether oxygens (including phenoxy) is 1. The van der Waals surface area contributed by atoms with Crippen LogP contribution in [0.4, 0.5) is 0 Å². The second kappa shape index (κ2) is 9.50. The van der Waals surface area contributed by atoms with Gasteiger partial charge in [-0.1, -0.05) is 17.7 Å². The third-order valence-electron chi connectivity index (χ3n) is 6.15. The van der Waals surface area contributed by atoms with Gasteiger partial charge in [-0.25, -0.2) is 0 Å². The van der Waals surface area contributed by atoms with Crippen molar-refractivity contribution in [2.24, 2.45) is 10.1 Å². The zero-order chi connectivity index (χ0) is 23.7. The van der Waals surface area contributed by atoms with Crippen molar-refractivity contribution in [2.45, 2.75) is 39.7 Å². The van der Waals surface area contributed by atoms with Gasteiger partial charge in [0.2, 0.25) is 5.17 Å². The highest BCUT2D eigenvalue weighted by Crippen LogP contribution is 2.30. The number of benzene rings is 1. The van der Waals surface area contributed by atoms with Crippen LogP contribution in [-0.2, 0) is 11.3 Å². The normalized spacial score (nSPS) is 19.4. The lowest BCUT2D eigenvalue weighted by molar-refractivity contribution is -0.114. The lowest BCUT2D eigenvalue weighted by atomic mass is 10.1. The number of aryl methyl sites for hydroxylation is 2. The molecular formula is C25H28N6O2S. The monoisotopic (exact) mass is 476 g/mol. The van der Waals surface area contributed by atoms with E-state index in [1.165, 1.54) is 28.8 Å². The topological polar surface area (TPSA) is 86.3 Å². The Bertz CT molecular complexity index is 1220. The summed E-state index contributed by atoms with van der Waals surface area (Å²) in [6, 6.07) is 9.98. The minimum absolute atomic E-state index is 0.0637. The first-order valence-corrected chi connectivity index (χ1v) is 12.4. The van der Waals surface area contributed by atoms with Crippen molar-refractivity contribution in [3.63, 3.8) is 0 Å². The van der Waals surface area contributed by atoms with E-state index < -0.39 is 5.91 Å². The molecule has 1 fully saturated rings. The van der Waals surface area contributed by atoms with Crippen molar-refractivity contribution in [3.8, 4) is 5.75 Å². The number of thioether (sulfide) groups is 1. The zero-order valence-electron chi connectivity index (χ0n) is 19.5. The van der Waals surface area contributed by atoms with E-state index in [0.29, 0.717) is 18.3 Å². The summed E-state index contributed by atoms with van der Waals surface area (Å²) in [5, 5.41) is 16.0. The number of carbonyl (C=O) groups is 1. The molecule has 9 heteroatoms. The number of carbonyl (C=O) groups excluding carboxylic acids is 1. The van der Waals surface area contributed by atoms with Gasteiger partial charge in [0.1, 0.15) is 12.4 Å². The van der Waals surface area contributed by atoms with Crippen molar-refractivity contribution >= 4 is 39.9 Å². The van der Waals surface area contributed by atoms with E-state index in [4.69, 9.17) is 10.1 Å². The third kappa shape index (κ3) is 4.52. The smallest absolute Gasteiger partial charge is 0.283 e. The number of amidine groups is 3. The lowest BCUT2D eigenvalue weighted by Crippen LogP contribution is -2.35. The van der Waals surface area contributed by atoms with Gasteiger partial charge >= 0.3 is 0 Å². The number of aromatic nitrogens is 1. The van der Waals surface area contributed by atoms with Crippen LogP contribution >= 0.6 is 11.8 Å². The maximum absolute atomic E-state index is 12.8. The number of nitrogens with one attached hydrogen (secondary N) is 1. The molecule has 34 heavy (non-hydrogen) atoms. The standard InChI is InChI=1S/C25H28N6O2S/c1-17-8-9-21(18(2)15-17)33-14-13-29-12-6-7-19(29)16-20-22(26)31-24(27-23(20)32)34-25(28-31)30-10-4-3-5-11-30/h6-9,12,15-16,26H,3-5,10-11,13-14H2,1-2H3/b20-16+,26-22?. The van der Waals surface area contributed by atoms with E-state index in [0.717, 1.165) is 48.1 Å². The number of nitrogens with zero attached hydrogens (tertiary/aromatic N) is 5. The number of hydrogen-bond donors (Lipinski definition) is 1. The molecule has 0 radical (unpaired) electrons. The van der Waals surface area contributed by atoms with Crippen molar-refractivity contribution in [1.29, 1.82) is 5.41 Å². The van der Waals surface area contributed by atoms with Crippen molar-refractivity contribution in [2.75, 3.05) is 19.7 Å². The number of hydrazone groups is 1. The molecule has 0 atom stereocenters. The van der Waals surface area contributed by atoms with Gasteiger partial charge in [-0.2, -0.15) is 10.0 Å². The Kier molecular flexibility index (Phi) is 6.28. The van der Waals surface area contributed by atoms with Crippen LogP contribution in [0.15, 0.2) is 52.2 Å². The SMILES string of the molecule is Cc1ccc(OCCn2cccc2/C=C2\C(=N)N3N=C(N4CCCCC4)SC3=NC2=O)c(C)c1. The summed E-state index contributed by atoms with van der Waals surface area (Å²) in [7, 11) is 0. The molecule has 0 bridgehead atoms. The molecule has 3 aliphatic rings. The molecular weight excluding hydrogens is 448 g/mol. The van der Waals surface area contributed by atoms with Crippen LogP contribution < -0.4 is 4.74 Å². The number of rotatable bonds is 5. The molecule has 1 aromatic heterocycles. The molecule has 1 amide bonds. The average molecular weight is 477 g/mol. The van der Waals surface area contributed by atoms with Crippen molar-refractivity contribution in [3.05, 3.63) is 58.9 Å². The quantitative estimate of drug-likeness (QED) is 0.652. The van der Waals surface area contributed by atoms with Gasteiger partial charge < -0.3 is 14.2 Å². The number of amides is 1. The highest BCUT2D eigenvalue weighted by Gasteiger charge is 2.37. The number of piperidine rings is 1. The van der Waals surface area contributed by atoms with E-state index in [2.05, 4.69) is 28.0 Å². The van der Waals surface area contributed by atoms with Crippen LogP contribution in [0, 0.1) is 19.3 Å². The molecule has 8 nitrogen and oxygen atoms in total. The molecule has 0 spiro atoms. The fraction of sp³-hybridized carbons (Fsp3) is 0.360. The fourth-order valence-electron chi connectivity index (χ4n) is 4.32. The van der Waals surface area contributed by atoms with Crippen molar-refractivity contribution < 1.29 is 9.53 Å². The molecule has 4 heterocycles. The minimum Gasteiger partial charge on any atom is -0.491 e. The molecule has 176 valence electrons. The summed E-state index contributed by atoms with van der Waals surface area (Å²) < 4.78 is 7.98. The van der Waals surface area contributed by atoms with Crippen LogP contribution in [0.1, 0.15) is 36.1 Å². The van der Waals surface area contributed by atoms with Gasteiger partial charge in [0.25, 0.3) is 5.91 Å². The first-order chi connectivity index (χ1) is 16.5. The van der Waals surface area contributed by atoms with E-state index >= 15 is 0 Å². The predicted octanol–water partition coefficient (Wildman–Crippen LogP) is 4.25. The molecule has 0 unspecified atom stereocenters. The molecule has 5 rings (SSSR count). The van der Waals surface area contributed by atoms with Gasteiger partial charge in [-0.05, 0) is 74.7 Å². The summed E-state index contributed by atoms with van der Waals surface area (Å²) in [5.41, 5.74) is 3.38. The predicted molar refractivity (Wildman–Crippen MR) is 136 cm³/mol. The molecule has 0 aliphatic carbocycles. The molecule has 1 aromatic carbocycles. The fourth-order valence-corrected chi connectivity index (χ4v) is 5.26. The first kappa shape index (κ1) is 22.5. The number of hydrogen-bond acceptors (Lipinski definition) is 6. The maximum atomic E-state index is 12.8. The van der Waals surface area contributed by atoms with E-state index in [-0.39, 0.29) is 11.4 Å². The Balaban J connectivity index is 1.30. The van der Waals surface area contributed by atoms with Crippen molar-refractivity contribution in [1.82, 2.24) is 14.5 Å². The average Bonchev–Trinajstić information content (AvgIpc) is 3.46. The van der Waals surface area contributed by atoms with Crippen LogP contribution in [0.3, 0.4) is 0 Å². The number of likely N-dealkylation sites (tertiary alicyclic amines) is 1. The second-order valence-electron chi connectivity index (χ2n) is 8.69. The second-order valence-corrected chi connectivity index (χ2v) is 9.63. The van der Waals surface area contributed by atoms with Crippen LogP contribution in [-0.4, -0.2) is 56.3 Å². The van der Waals surface area contributed by atoms with E-state index in [9.17, 15) is 4.79 Å². The van der Waals surface area contributed by atoms with Gasteiger partial charge in [0.05, 0.1) is 12.1 Å². The van der Waals surface area contributed by atoms with Crippen LogP contribution in [0.2, 0.25) is 0 Å². The molecule has 1 N–H and O–H groups in total. The summed E-state index contributed by atoms with van der Waals surface area (Å²) in [6.45, 7) is 7.12. The van der Waals surface area contributed by atoms with E-state index in [1.54, 1.807) is 6.08 Å². The lowest BCUT2D eigenvalue weighted by Gasteiger charge is -2.26. The Morgan fingerprint density at radius 3 is 2.76 bits per heavy atom. The first-order valence-electron chi connectivity index (χ1n) is 11.6. The van der Waals surface area contributed by atoms with Gasteiger partial charge in [-0.15, -0.1) is 5.10 Å². The molecule has 0 saturated carbocycles. The van der Waals surface area contributed by atoms with Crippen LogP contribution in [0.5, 0.6) is 5.75 Å². The van der Waals surface area contributed by atoms with Gasteiger partial charge in [-0.3, -0.25) is 10.2 Å². The molecule has 2 aromatic rings. The molecule has 3 aliphatic heterocycles. The zero-order valence-corrected chi connectivity index (χ0v) is 20.3. The Morgan fingerprint density at radius 2 is 1.97 bits per heavy atom.